The van der Waals surface area contributed by atoms with Gasteiger partial charge in [0.1, 0.15) is 17.7 Å². The van der Waals surface area contributed by atoms with Gasteiger partial charge in [0, 0.05) is 5.69 Å². The van der Waals surface area contributed by atoms with Crippen molar-refractivity contribution in [1.82, 2.24) is 9.88 Å². The molecule has 0 fully saturated rings. The number of nitriles is 1. The highest BCUT2D eigenvalue weighted by Crippen LogP contribution is 2.30. The Bertz CT molecular complexity index is 1010. The van der Waals surface area contributed by atoms with Crippen LogP contribution in [0.15, 0.2) is 24.3 Å². The van der Waals surface area contributed by atoms with Gasteiger partial charge in [0.15, 0.2) is 0 Å². The lowest BCUT2D eigenvalue weighted by atomic mass is 9.90. The van der Waals surface area contributed by atoms with Crippen LogP contribution < -0.4 is 16.4 Å². The lowest BCUT2D eigenvalue weighted by Gasteiger charge is -2.29. The van der Waals surface area contributed by atoms with E-state index >= 15 is 0 Å². The summed E-state index contributed by atoms with van der Waals surface area (Å²) in [6, 6.07) is 8.01. The maximum absolute atomic E-state index is 13.8. The monoisotopic (exact) mass is 413 g/mol. The van der Waals surface area contributed by atoms with E-state index in [1.54, 1.807) is 37.5 Å². The summed E-state index contributed by atoms with van der Waals surface area (Å²) in [7, 11) is 0. The highest BCUT2D eigenvalue weighted by Gasteiger charge is 2.32. The molecule has 0 aliphatic heterocycles. The molecule has 30 heavy (non-hydrogen) atoms. The summed E-state index contributed by atoms with van der Waals surface area (Å²) in [5, 5.41) is 15.3. The summed E-state index contributed by atoms with van der Waals surface area (Å²) in [5.41, 5.74) is 6.67. The summed E-state index contributed by atoms with van der Waals surface area (Å²) in [6.45, 7) is 8.96. The summed E-state index contributed by atoms with van der Waals surface area (Å²) in [4.78, 5) is 24.6. The third kappa shape index (κ3) is 4.86. The Hall–Kier alpha value is -3.18. The van der Waals surface area contributed by atoms with Crippen molar-refractivity contribution >= 4 is 17.6 Å². The van der Waals surface area contributed by atoms with Crippen molar-refractivity contribution in [2.75, 3.05) is 11.9 Å². The number of hydrogen-bond donors (Lipinski definition) is 3. The van der Waals surface area contributed by atoms with Crippen LogP contribution in [0.5, 0.6) is 0 Å². The van der Waals surface area contributed by atoms with Gasteiger partial charge in [-0.15, -0.1) is 0 Å². The van der Waals surface area contributed by atoms with E-state index in [2.05, 4.69) is 16.7 Å². The highest BCUT2D eigenvalue weighted by molar-refractivity contribution is 5.94. The maximum atomic E-state index is 13.8. The minimum absolute atomic E-state index is 0.177. The summed E-state index contributed by atoms with van der Waals surface area (Å²) in [6.07, 6.45) is 0.469. The second-order valence-corrected chi connectivity index (χ2v) is 8.06. The molecule has 0 aliphatic carbocycles. The zero-order valence-corrected chi connectivity index (χ0v) is 18.0. The lowest BCUT2D eigenvalue weighted by Crippen LogP contribution is -2.55. The van der Waals surface area contributed by atoms with Gasteiger partial charge < -0.3 is 11.1 Å². The number of carbonyl (C=O) groups excluding carboxylic acids is 2. The van der Waals surface area contributed by atoms with Crippen molar-refractivity contribution in [2.45, 2.75) is 46.6 Å². The lowest BCUT2D eigenvalue weighted by molar-refractivity contribution is -0.125. The molecule has 1 atom stereocenters. The Morgan fingerprint density at radius 1 is 1.33 bits per heavy atom. The molecule has 0 aliphatic rings. The van der Waals surface area contributed by atoms with Gasteiger partial charge in [-0.1, -0.05) is 19.9 Å². The van der Waals surface area contributed by atoms with Crippen LogP contribution in [0.25, 0.3) is 5.69 Å². The van der Waals surface area contributed by atoms with E-state index in [1.165, 1.54) is 12.1 Å². The molecule has 160 valence electrons. The quantitative estimate of drug-likeness (QED) is 0.617. The molecule has 2 rings (SSSR count). The number of carbonyl (C=O) groups is 2. The van der Waals surface area contributed by atoms with Gasteiger partial charge in [-0.2, -0.15) is 5.26 Å². The molecular formula is C22H28FN5O2. The van der Waals surface area contributed by atoms with Gasteiger partial charge >= 0.3 is 0 Å². The average molecular weight is 413 g/mol. The number of nitrogens with zero attached hydrogens (tertiary/aromatic N) is 2. The van der Waals surface area contributed by atoms with Gasteiger partial charge in [-0.05, 0) is 56.9 Å². The molecule has 2 amide bonds. The molecule has 0 radical (unpaired) electrons. The Morgan fingerprint density at radius 2 is 2.00 bits per heavy atom. The van der Waals surface area contributed by atoms with Crippen LogP contribution in [-0.2, 0) is 9.59 Å². The van der Waals surface area contributed by atoms with Crippen molar-refractivity contribution in [1.29, 1.82) is 5.26 Å². The third-order valence-corrected chi connectivity index (χ3v) is 5.15. The highest BCUT2D eigenvalue weighted by atomic mass is 19.1. The number of rotatable bonds is 8. The van der Waals surface area contributed by atoms with Crippen LogP contribution in [-0.4, -0.2) is 28.5 Å². The van der Waals surface area contributed by atoms with Gasteiger partial charge in [0.2, 0.25) is 11.8 Å². The molecule has 1 aromatic carbocycles. The first-order valence-corrected chi connectivity index (χ1v) is 9.73. The fraction of sp³-hybridized carbons (Fsp3) is 0.409. The number of amides is 2. The van der Waals surface area contributed by atoms with Crippen LogP contribution >= 0.6 is 0 Å². The molecule has 7 nitrogen and oxygen atoms in total. The van der Waals surface area contributed by atoms with E-state index in [9.17, 15) is 19.2 Å². The molecule has 4 N–H and O–H groups in total. The zero-order valence-electron chi connectivity index (χ0n) is 18.0. The first-order valence-electron chi connectivity index (χ1n) is 9.73. The zero-order chi connectivity index (χ0) is 22.6. The number of nitrogens with one attached hydrogen (secondary N) is 2. The molecule has 2 aromatic rings. The number of hydrogen-bond acceptors (Lipinski definition) is 4. The van der Waals surface area contributed by atoms with E-state index in [4.69, 9.17) is 5.73 Å². The molecule has 0 saturated carbocycles. The van der Waals surface area contributed by atoms with Crippen molar-refractivity contribution < 1.29 is 14.0 Å². The van der Waals surface area contributed by atoms with Crippen LogP contribution in [0, 0.1) is 36.9 Å². The SMILES string of the molecule is Cc1c(C#N)c(NC(=O)CNC(C)(CC(C)C)C(N)=O)n(-c2cccc(F)c2)c1C. The molecule has 1 heterocycles. The normalized spacial score (nSPS) is 13.0. The number of nitrogens with two attached hydrogens (primary N) is 1. The number of halogens is 1. The van der Waals surface area contributed by atoms with Crippen LogP contribution in [0.3, 0.4) is 0 Å². The van der Waals surface area contributed by atoms with E-state index in [1.807, 2.05) is 13.8 Å². The van der Waals surface area contributed by atoms with Gasteiger partial charge in [0.25, 0.3) is 0 Å². The molecule has 1 aromatic heterocycles. The van der Waals surface area contributed by atoms with Crippen LogP contribution in [0.1, 0.15) is 44.0 Å². The minimum atomic E-state index is -1.04. The molecule has 0 bridgehead atoms. The van der Waals surface area contributed by atoms with Crippen molar-refractivity contribution in [3.8, 4) is 11.8 Å². The minimum Gasteiger partial charge on any atom is -0.368 e. The smallest absolute Gasteiger partial charge is 0.239 e. The number of benzene rings is 1. The first kappa shape index (κ1) is 23.1. The van der Waals surface area contributed by atoms with Gasteiger partial charge in [-0.3, -0.25) is 19.5 Å². The Kier molecular flexibility index (Phi) is 7.00. The van der Waals surface area contributed by atoms with E-state index in [0.717, 1.165) is 0 Å². The summed E-state index contributed by atoms with van der Waals surface area (Å²) < 4.78 is 15.4. The topological polar surface area (TPSA) is 113 Å². The number of aromatic nitrogens is 1. The molecule has 0 spiro atoms. The standard InChI is InChI=1S/C22H28FN5O2/c1-13(2)10-22(5,21(25)30)26-12-19(29)27-20-18(11-24)14(3)15(4)28(20)17-8-6-7-16(23)9-17/h6-9,13,26H,10,12H2,1-5H3,(H2,25,30)(H,27,29). The van der Waals surface area contributed by atoms with Gasteiger partial charge in [-0.25, -0.2) is 4.39 Å². The Balaban J connectivity index is 2.34. The second-order valence-electron chi connectivity index (χ2n) is 8.06. The molecular weight excluding hydrogens is 385 g/mol. The average Bonchev–Trinajstić information content (AvgIpc) is 2.89. The fourth-order valence-electron chi connectivity index (χ4n) is 3.53. The first-order chi connectivity index (χ1) is 14.0. The number of primary amides is 1. The van der Waals surface area contributed by atoms with Crippen LogP contribution in [0.4, 0.5) is 10.2 Å². The number of anilines is 1. The molecule has 0 saturated heterocycles. The predicted octanol–water partition coefficient (Wildman–Crippen LogP) is 2.92. The summed E-state index contributed by atoms with van der Waals surface area (Å²) in [5.74, 6) is -0.968. The maximum Gasteiger partial charge on any atom is 0.239 e. The molecule has 8 heteroatoms. The van der Waals surface area contributed by atoms with Gasteiger partial charge in [0.05, 0.1) is 23.3 Å². The van der Waals surface area contributed by atoms with Crippen LogP contribution in [0.2, 0.25) is 0 Å². The van der Waals surface area contributed by atoms with Crippen molar-refractivity contribution in [3.05, 3.63) is 46.9 Å². The second kappa shape index (κ2) is 9.09. The van der Waals surface area contributed by atoms with E-state index in [-0.39, 0.29) is 18.3 Å². The van der Waals surface area contributed by atoms with Crippen molar-refractivity contribution in [3.63, 3.8) is 0 Å². The summed E-state index contributed by atoms with van der Waals surface area (Å²) >= 11 is 0. The predicted molar refractivity (Wildman–Crippen MR) is 114 cm³/mol. The van der Waals surface area contributed by atoms with E-state index in [0.29, 0.717) is 28.9 Å². The Labute approximate surface area is 176 Å². The Morgan fingerprint density at radius 3 is 2.53 bits per heavy atom. The van der Waals surface area contributed by atoms with E-state index < -0.39 is 23.2 Å². The fourth-order valence-corrected chi connectivity index (χ4v) is 3.53. The third-order valence-electron chi connectivity index (χ3n) is 5.15. The molecule has 1 unspecified atom stereocenters. The van der Waals surface area contributed by atoms with Crippen molar-refractivity contribution in [2.24, 2.45) is 11.7 Å². The largest absolute Gasteiger partial charge is 0.368 e.